The number of nitrogens with zero attached hydrogens (tertiary/aromatic N) is 1. The van der Waals surface area contributed by atoms with E-state index >= 15 is 0 Å². The van der Waals surface area contributed by atoms with Crippen molar-refractivity contribution in [1.29, 1.82) is 0 Å². The molecule has 2 fully saturated rings. The van der Waals surface area contributed by atoms with Crippen LogP contribution >= 0.6 is 11.6 Å². The molecule has 2 aromatic rings. The molecule has 2 aliphatic rings. The number of carbonyl (C=O) groups excluding carboxylic acids is 1. The van der Waals surface area contributed by atoms with Crippen LogP contribution in [0.1, 0.15) is 29.5 Å². The van der Waals surface area contributed by atoms with Crippen LogP contribution < -0.4 is 5.32 Å². The van der Waals surface area contributed by atoms with Gasteiger partial charge >= 0.3 is 0 Å². The van der Waals surface area contributed by atoms with Crippen LogP contribution in [0.2, 0.25) is 5.02 Å². The zero-order valence-corrected chi connectivity index (χ0v) is 18.2. The number of ether oxygens (including phenoxy) is 1. The van der Waals surface area contributed by atoms with Crippen molar-refractivity contribution in [2.24, 2.45) is 0 Å². The van der Waals surface area contributed by atoms with Gasteiger partial charge in [-0.2, -0.15) is 4.31 Å². The number of hydrogen-bond acceptors (Lipinski definition) is 4. The third kappa shape index (κ3) is 4.54. The first-order valence-electron chi connectivity index (χ1n) is 10.1. The number of rotatable bonds is 7. The molecule has 0 spiro atoms. The summed E-state index contributed by atoms with van der Waals surface area (Å²) < 4.78 is 32.3. The molecule has 2 aromatic carbocycles. The Bertz CT molecular complexity index is 1030. The van der Waals surface area contributed by atoms with Crippen LogP contribution in [-0.4, -0.2) is 44.9 Å². The molecular formula is C22H25ClN2O4S. The number of morpholine rings is 1. The zero-order valence-electron chi connectivity index (χ0n) is 16.6. The van der Waals surface area contributed by atoms with E-state index in [4.69, 9.17) is 16.3 Å². The van der Waals surface area contributed by atoms with Gasteiger partial charge in [-0.1, -0.05) is 48.0 Å². The molecule has 1 amide bonds. The van der Waals surface area contributed by atoms with E-state index in [9.17, 15) is 13.2 Å². The SMILES string of the molecule is O=C(NCc1ccccc1CS(=O)(=O)N1CCOCC1)C1(c2cccc(Cl)c2)CC1. The van der Waals surface area contributed by atoms with E-state index in [1.807, 2.05) is 42.5 Å². The van der Waals surface area contributed by atoms with Crippen LogP contribution in [0.4, 0.5) is 0 Å². The summed E-state index contributed by atoms with van der Waals surface area (Å²) in [7, 11) is -3.44. The summed E-state index contributed by atoms with van der Waals surface area (Å²) in [6.07, 6.45) is 1.57. The largest absolute Gasteiger partial charge is 0.379 e. The van der Waals surface area contributed by atoms with Crippen LogP contribution in [0.5, 0.6) is 0 Å². The molecule has 4 rings (SSSR count). The molecular weight excluding hydrogens is 424 g/mol. The minimum Gasteiger partial charge on any atom is -0.379 e. The van der Waals surface area contributed by atoms with Crippen molar-refractivity contribution in [3.8, 4) is 0 Å². The van der Waals surface area contributed by atoms with E-state index in [0.29, 0.717) is 36.9 Å². The van der Waals surface area contributed by atoms with Gasteiger partial charge in [0.2, 0.25) is 15.9 Å². The Morgan fingerprint density at radius 3 is 2.43 bits per heavy atom. The first-order chi connectivity index (χ1) is 14.4. The summed E-state index contributed by atoms with van der Waals surface area (Å²) in [4.78, 5) is 13.0. The van der Waals surface area contributed by atoms with Gasteiger partial charge < -0.3 is 10.1 Å². The highest BCUT2D eigenvalue weighted by Crippen LogP contribution is 2.48. The maximum atomic E-state index is 13.0. The molecule has 0 aromatic heterocycles. The highest BCUT2D eigenvalue weighted by atomic mass is 35.5. The van der Waals surface area contributed by atoms with Crippen molar-refractivity contribution >= 4 is 27.5 Å². The van der Waals surface area contributed by atoms with Crippen LogP contribution in [0, 0.1) is 0 Å². The highest BCUT2D eigenvalue weighted by molar-refractivity contribution is 7.88. The van der Waals surface area contributed by atoms with Gasteiger partial charge in [-0.3, -0.25) is 4.79 Å². The number of halogens is 1. The lowest BCUT2D eigenvalue weighted by Crippen LogP contribution is -2.41. The molecule has 1 aliphatic carbocycles. The molecule has 160 valence electrons. The van der Waals surface area contributed by atoms with Crippen LogP contribution in [0.25, 0.3) is 0 Å². The Kier molecular flexibility index (Phi) is 6.16. The molecule has 0 atom stereocenters. The van der Waals surface area contributed by atoms with Crippen molar-refractivity contribution in [3.05, 3.63) is 70.2 Å². The lowest BCUT2D eigenvalue weighted by molar-refractivity contribution is -0.123. The first kappa shape index (κ1) is 21.3. The van der Waals surface area contributed by atoms with Gasteiger partial charge in [-0.15, -0.1) is 0 Å². The van der Waals surface area contributed by atoms with E-state index in [1.165, 1.54) is 4.31 Å². The van der Waals surface area contributed by atoms with Gasteiger partial charge in [0.25, 0.3) is 0 Å². The number of sulfonamides is 1. The molecule has 0 unspecified atom stereocenters. The number of hydrogen-bond donors (Lipinski definition) is 1. The van der Waals surface area contributed by atoms with Crippen molar-refractivity contribution < 1.29 is 17.9 Å². The quantitative estimate of drug-likeness (QED) is 0.706. The predicted octanol–water partition coefficient (Wildman–Crippen LogP) is 2.85. The fourth-order valence-electron chi connectivity index (χ4n) is 3.89. The summed E-state index contributed by atoms with van der Waals surface area (Å²) in [5.74, 6) is -0.131. The fraction of sp³-hybridized carbons (Fsp3) is 0.409. The van der Waals surface area contributed by atoms with E-state index in [-0.39, 0.29) is 18.2 Å². The molecule has 30 heavy (non-hydrogen) atoms. The number of carbonyl (C=O) groups is 1. The summed E-state index contributed by atoms with van der Waals surface area (Å²) in [5.41, 5.74) is 1.91. The number of benzene rings is 2. The highest BCUT2D eigenvalue weighted by Gasteiger charge is 2.51. The second-order valence-corrected chi connectivity index (χ2v) is 10.2. The number of nitrogens with one attached hydrogen (secondary N) is 1. The second-order valence-electron chi connectivity index (χ2n) is 7.81. The Morgan fingerprint density at radius 2 is 1.77 bits per heavy atom. The van der Waals surface area contributed by atoms with Crippen LogP contribution in [-0.2, 0) is 37.3 Å². The van der Waals surface area contributed by atoms with E-state index in [1.54, 1.807) is 6.07 Å². The smallest absolute Gasteiger partial charge is 0.230 e. The van der Waals surface area contributed by atoms with E-state index in [2.05, 4.69) is 5.32 Å². The van der Waals surface area contributed by atoms with E-state index in [0.717, 1.165) is 24.0 Å². The van der Waals surface area contributed by atoms with Gasteiger partial charge in [-0.25, -0.2) is 8.42 Å². The third-order valence-electron chi connectivity index (χ3n) is 5.82. The average Bonchev–Trinajstić information content (AvgIpc) is 3.56. The van der Waals surface area contributed by atoms with Crippen LogP contribution in [0.15, 0.2) is 48.5 Å². The van der Waals surface area contributed by atoms with Crippen molar-refractivity contribution in [2.75, 3.05) is 26.3 Å². The summed E-state index contributed by atoms with van der Waals surface area (Å²) in [5, 5.41) is 3.63. The van der Waals surface area contributed by atoms with Crippen molar-refractivity contribution in [3.63, 3.8) is 0 Å². The Morgan fingerprint density at radius 1 is 1.07 bits per heavy atom. The lowest BCUT2D eigenvalue weighted by Gasteiger charge is -2.26. The van der Waals surface area contributed by atoms with Crippen LogP contribution in [0.3, 0.4) is 0 Å². The maximum Gasteiger partial charge on any atom is 0.230 e. The number of amides is 1. The minimum absolute atomic E-state index is 0.0457. The summed E-state index contributed by atoms with van der Waals surface area (Å²) in [6.45, 7) is 1.88. The summed E-state index contributed by atoms with van der Waals surface area (Å²) >= 11 is 6.10. The van der Waals surface area contributed by atoms with Crippen molar-refractivity contribution in [2.45, 2.75) is 30.6 Å². The van der Waals surface area contributed by atoms with E-state index < -0.39 is 15.4 Å². The maximum absolute atomic E-state index is 13.0. The molecule has 1 saturated carbocycles. The molecule has 1 N–H and O–H groups in total. The second kappa shape index (κ2) is 8.67. The zero-order chi connectivity index (χ0) is 21.2. The molecule has 8 heteroatoms. The predicted molar refractivity (Wildman–Crippen MR) is 116 cm³/mol. The van der Waals surface area contributed by atoms with Gasteiger partial charge in [-0.05, 0) is 41.7 Å². The Labute approximate surface area is 182 Å². The molecule has 1 saturated heterocycles. The lowest BCUT2D eigenvalue weighted by atomic mass is 9.95. The molecule has 0 bridgehead atoms. The molecule has 6 nitrogen and oxygen atoms in total. The Hall–Kier alpha value is -1.93. The summed E-state index contributed by atoms with van der Waals surface area (Å²) in [6, 6.07) is 14.8. The average molecular weight is 449 g/mol. The normalized spacial score (nSPS) is 18.7. The molecule has 1 aliphatic heterocycles. The van der Waals surface area contributed by atoms with Crippen molar-refractivity contribution in [1.82, 2.24) is 9.62 Å². The fourth-order valence-corrected chi connectivity index (χ4v) is 5.64. The minimum atomic E-state index is -3.44. The molecule has 0 radical (unpaired) electrons. The monoisotopic (exact) mass is 448 g/mol. The standard InChI is InChI=1S/C22H25ClN2O4S/c23-20-7-3-6-19(14-20)22(8-9-22)21(26)24-15-17-4-1-2-5-18(17)16-30(27,28)25-10-12-29-13-11-25/h1-7,14H,8-13,15-16H2,(H,24,26). The molecule has 1 heterocycles. The van der Waals surface area contributed by atoms with Gasteiger partial charge in [0.1, 0.15) is 0 Å². The van der Waals surface area contributed by atoms with Gasteiger partial charge in [0.05, 0.1) is 24.4 Å². The topological polar surface area (TPSA) is 75.7 Å². The first-order valence-corrected chi connectivity index (χ1v) is 12.1. The van der Waals surface area contributed by atoms with Gasteiger partial charge in [0.15, 0.2) is 0 Å². The Balaban J connectivity index is 1.45. The third-order valence-corrected chi connectivity index (χ3v) is 7.88. The van der Waals surface area contributed by atoms with Gasteiger partial charge in [0, 0.05) is 24.7 Å².